The van der Waals surface area contributed by atoms with E-state index in [0.29, 0.717) is 16.4 Å². The van der Waals surface area contributed by atoms with Crippen molar-refractivity contribution in [2.45, 2.75) is 0 Å². The summed E-state index contributed by atoms with van der Waals surface area (Å²) in [5, 5.41) is 17.9. The van der Waals surface area contributed by atoms with Gasteiger partial charge >= 0.3 is 0 Å². The van der Waals surface area contributed by atoms with Gasteiger partial charge in [-0.1, -0.05) is 29.8 Å². The van der Waals surface area contributed by atoms with E-state index in [1.54, 1.807) is 24.3 Å². The van der Waals surface area contributed by atoms with Crippen molar-refractivity contribution in [1.29, 1.82) is 0 Å². The molecule has 0 spiro atoms. The second-order valence-corrected chi connectivity index (χ2v) is 5.40. The number of hydrogen-bond donors (Lipinski definition) is 0. The summed E-state index contributed by atoms with van der Waals surface area (Å²) in [4.78, 5) is 12.2. The molecule has 0 fully saturated rings. The Balaban J connectivity index is 2.20. The van der Waals surface area contributed by atoms with Crippen LogP contribution in [0.5, 0.6) is 0 Å². The van der Waals surface area contributed by atoms with Gasteiger partial charge in [0.05, 0.1) is 27.3 Å². The average molecular weight is 304 g/mol. The molecule has 4 nitrogen and oxygen atoms in total. The van der Waals surface area contributed by atoms with Gasteiger partial charge in [-0.25, -0.2) is 4.68 Å². The second kappa shape index (κ2) is 5.11. The minimum Gasteiger partial charge on any atom is -0.543 e. The summed E-state index contributed by atoms with van der Waals surface area (Å²) >= 11 is 7.59. The Morgan fingerprint density at radius 1 is 1.25 bits per heavy atom. The number of halogens is 1. The first-order valence-corrected chi connectivity index (χ1v) is 7.03. The van der Waals surface area contributed by atoms with Crippen molar-refractivity contribution in [2.75, 3.05) is 0 Å². The highest BCUT2D eigenvalue weighted by Crippen LogP contribution is 2.27. The van der Waals surface area contributed by atoms with E-state index in [1.807, 2.05) is 17.5 Å². The number of benzene rings is 1. The molecule has 3 rings (SSSR count). The Morgan fingerprint density at radius 3 is 2.70 bits per heavy atom. The van der Waals surface area contributed by atoms with E-state index >= 15 is 0 Å². The molecule has 0 atom stereocenters. The Kier molecular flexibility index (Phi) is 3.30. The van der Waals surface area contributed by atoms with Crippen molar-refractivity contribution in [3.63, 3.8) is 0 Å². The molecule has 0 radical (unpaired) electrons. The summed E-state index contributed by atoms with van der Waals surface area (Å²) in [6.07, 6.45) is 0. The van der Waals surface area contributed by atoms with Crippen LogP contribution in [0.1, 0.15) is 10.5 Å². The normalized spacial score (nSPS) is 10.7. The fourth-order valence-electron chi connectivity index (χ4n) is 1.88. The van der Waals surface area contributed by atoms with Crippen LogP contribution in [0.4, 0.5) is 0 Å². The van der Waals surface area contributed by atoms with E-state index in [4.69, 9.17) is 11.6 Å². The van der Waals surface area contributed by atoms with Gasteiger partial charge in [-0.05, 0) is 29.6 Å². The third kappa shape index (κ3) is 2.21. The molecule has 0 amide bonds. The smallest absolute Gasteiger partial charge is 0.103 e. The topological polar surface area (TPSA) is 57.9 Å². The van der Waals surface area contributed by atoms with Gasteiger partial charge in [0.15, 0.2) is 0 Å². The van der Waals surface area contributed by atoms with Crippen LogP contribution in [-0.4, -0.2) is 15.7 Å². The van der Waals surface area contributed by atoms with Crippen LogP contribution in [0, 0.1) is 0 Å². The van der Waals surface area contributed by atoms with Gasteiger partial charge in [0.1, 0.15) is 5.69 Å². The number of carbonyl (C=O) groups is 1. The summed E-state index contributed by atoms with van der Waals surface area (Å²) < 4.78 is 1.30. The number of aromatic nitrogens is 2. The highest BCUT2D eigenvalue weighted by Gasteiger charge is 2.14. The van der Waals surface area contributed by atoms with Gasteiger partial charge in [0.2, 0.25) is 0 Å². The summed E-state index contributed by atoms with van der Waals surface area (Å²) in [5.41, 5.74) is 1.07. The zero-order chi connectivity index (χ0) is 14.1. The van der Waals surface area contributed by atoms with Crippen LogP contribution in [0.25, 0.3) is 16.3 Å². The molecule has 6 heteroatoms. The van der Waals surface area contributed by atoms with Crippen LogP contribution < -0.4 is 5.11 Å². The maximum Gasteiger partial charge on any atom is 0.103 e. The number of carbonyl (C=O) groups excluding carboxylic acids is 1. The zero-order valence-corrected chi connectivity index (χ0v) is 11.7. The van der Waals surface area contributed by atoms with E-state index in [-0.39, 0.29) is 5.69 Å². The number of nitrogens with zero attached hydrogens (tertiary/aromatic N) is 2. The number of carboxylic acid groups (broad SMARTS) is 1. The summed E-state index contributed by atoms with van der Waals surface area (Å²) in [6.45, 7) is 0. The minimum atomic E-state index is -1.29. The third-order valence-electron chi connectivity index (χ3n) is 2.77. The number of para-hydroxylation sites is 1. The lowest BCUT2D eigenvalue weighted by Crippen LogP contribution is -2.25. The summed E-state index contributed by atoms with van der Waals surface area (Å²) in [6, 6.07) is 12.2. The number of carboxylic acids is 1. The van der Waals surface area contributed by atoms with Crippen molar-refractivity contribution < 1.29 is 9.90 Å². The maximum absolute atomic E-state index is 11.3. The number of aromatic carboxylic acids is 1. The highest BCUT2D eigenvalue weighted by atomic mass is 35.5. The van der Waals surface area contributed by atoms with Crippen LogP contribution in [0.15, 0.2) is 47.8 Å². The Morgan fingerprint density at radius 2 is 2.05 bits per heavy atom. The van der Waals surface area contributed by atoms with Gasteiger partial charge in [-0.3, -0.25) is 0 Å². The lowest BCUT2D eigenvalue weighted by atomic mass is 10.3. The Labute approximate surface area is 123 Å². The Hall–Kier alpha value is -2.11. The second-order valence-electron chi connectivity index (χ2n) is 4.04. The molecule has 100 valence electrons. The average Bonchev–Trinajstić information content (AvgIpc) is 3.08. The van der Waals surface area contributed by atoms with Crippen molar-refractivity contribution >= 4 is 28.9 Å². The number of rotatable bonds is 3. The van der Waals surface area contributed by atoms with Gasteiger partial charge in [0, 0.05) is 0 Å². The molecule has 2 heterocycles. The lowest BCUT2D eigenvalue weighted by molar-refractivity contribution is -0.255. The molecule has 20 heavy (non-hydrogen) atoms. The highest BCUT2D eigenvalue weighted by molar-refractivity contribution is 7.13. The van der Waals surface area contributed by atoms with Crippen LogP contribution in [0.2, 0.25) is 5.02 Å². The molecule has 0 aliphatic heterocycles. The number of hydrogen-bond acceptors (Lipinski definition) is 4. The molecule has 0 saturated heterocycles. The van der Waals surface area contributed by atoms with Crippen LogP contribution in [0.3, 0.4) is 0 Å². The SMILES string of the molecule is O=C([O-])c1cc(-c2cccs2)nn1-c1ccccc1Cl. The third-order valence-corrected chi connectivity index (χ3v) is 3.98. The predicted octanol–water partition coefficient (Wildman–Crippen LogP) is 2.62. The first-order chi connectivity index (χ1) is 9.66. The van der Waals surface area contributed by atoms with E-state index in [1.165, 1.54) is 22.1 Å². The van der Waals surface area contributed by atoms with Crippen molar-refractivity contribution in [2.24, 2.45) is 0 Å². The van der Waals surface area contributed by atoms with Gasteiger partial charge in [-0.2, -0.15) is 5.10 Å². The van der Waals surface area contributed by atoms with Gasteiger partial charge < -0.3 is 9.90 Å². The minimum absolute atomic E-state index is 0.0264. The standard InChI is InChI=1S/C14H9ClN2O2S/c15-9-4-1-2-5-11(9)17-12(14(18)19)8-10(16-17)13-6-3-7-20-13/h1-8H,(H,18,19)/p-1. The van der Waals surface area contributed by atoms with E-state index < -0.39 is 5.97 Å². The maximum atomic E-state index is 11.3. The summed E-state index contributed by atoms with van der Waals surface area (Å²) in [5.74, 6) is -1.29. The fourth-order valence-corrected chi connectivity index (χ4v) is 2.78. The lowest BCUT2D eigenvalue weighted by Gasteiger charge is -2.09. The van der Waals surface area contributed by atoms with Crippen molar-refractivity contribution in [3.8, 4) is 16.3 Å². The van der Waals surface area contributed by atoms with E-state index in [0.717, 1.165) is 4.88 Å². The molecule has 2 aromatic heterocycles. The van der Waals surface area contributed by atoms with Crippen molar-refractivity contribution in [3.05, 3.63) is 58.6 Å². The van der Waals surface area contributed by atoms with Crippen molar-refractivity contribution in [1.82, 2.24) is 9.78 Å². The molecular weight excluding hydrogens is 296 g/mol. The van der Waals surface area contributed by atoms with Crippen LogP contribution >= 0.6 is 22.9 Å². The first kappa shape index (κ1) is 12.9. The molecule has 3 aromatic rings. The van der Waals surface area contributed by atoms with Gasteiger partial charge in [-0.15, -0.1) is 11.3 Å². The molecule has 0 bridgehead atoms. The molecule has 0 aliphatic carbocycles. The summed E-state index contributed by atoms with van der Waals surface area (Å²) in [7, 11) is 0. The largest absolute Gasteiger partial charge is 0.543 e. The molecule has 0 saturated carbocycles. The number of thiophene rings is 1. The predicted molar refractivity (Wildman–Crippen MR) is 76.2 cm³/mol. The Bertz CT molecular complexity index is 765. The van der Waals surface area contributed by atoms with E-state index in [9.17, 15) is 9.90 Å². The zero-order valence-electron chi connectivity index (χ0n) is 10.1. The molecule has 0 N–H and O–H groups in total. The van der Waals surface area contributed by atoms with Crippen LogP contribution in [-0.2, 0) is 0 Å². The van der Waals surface area contributed by atoms with Gasteiger partial charge in [0.25, 0.3) is 0 Å². The molecule has 0 unspecified atom stereocenters. The molecular formula is C14H8ClN2O2S-. The fraction of sp³-hybridized carbons (Fsp3) is 0. The molecule has 0 aliphatic rings. The quantitative estimate of drug-likeness (QED) is 0.747. The van der Waals surface area contributed by atoms with E-state index in [2.05, 4.69) is 5.10 Å². The first-order valence-electron chi connectivity index (χ1n) is 5.77. The molecule has 1 aromatic carbocycles. The monoisotopic (exact) mass is 303 g/mol.